The SMILES string of the molecule is CCOc1cc(CNC(C)C)cc(Br)c1OCc1c(F)cccc1Cl. The summed E-state index contributed by atoms with van der Waals surface area (Å²) >= 11 is 9.59. The third-order valence-corrected chi connectivity index (χ3v) is 4.45. The smallest absolute Gasteiger partial charge is 0.175 e. The first kappa shape index (κ1) is 20.0. The molecule has 0 heterocycles. The molecule has 0 unspecified atom stereocenters. The number of hydrogen-bond acceptors (Lipinski definition) is 3. The molecule has 0 saturated heterocycles. The van der Waals surface area contributed by atoms with Crippen LogP contribution in [0.5, 0.6) is 11.5 Å². The lowest BCUT2D eigenvalue weighted by atomic mass is 10.2. The van der Waals surface area contributed by atoms with E-state index in [0.29, 0.717) is 34.7 Å². The molecule has 0 bridgehead atoms. The van der Waals surface area contributed by atoms with Crippen LogP contribution >= 0.6 is 27.5 Å². The molecule has 25 heavy (non-hydrogen) atoms. The molecule has 1 N–H and O–H groups in total. The van der Waals surface area contributed by atoms with Crippen molar-refractivity contribution in [2.24, 2.45) is 0 Å². The zero-order valence-corrected chi connectivity index (χ0v) is 16.9. The first-order chi connectivity index (χ1) is 11.9. The van der Waals surface area contributed by atoms with Gasteiger partial charge in [-0.3, -0.25) is 0 Å². The first-order valence-corrected chi connectivity index (χ1v) is 9.33. The number of halogens is 3. The number of nitrogens with one attached hydrogen (secondary N) is 1. The van der Waals surface area contributed by atoms with Crippen LogP contribution in [0.1, 0.15) is 31.9 Å². The predicted octanol–water partition coefficient (Wildman–Crippen LogP) is 5.72. The average Bonchev–Trinajstić information content (AvgIpc) is 2.54. The molecule has 0 radical (unpaired) electrons. The van der Waals surface area contributed by atoms with Crippen molar-refractivity contribution in [2.75, 3.05) is 6.61 Å². The maximum Gasteiger partial charge on any atom is 0.175 e. The van der Waals surface area contributed by atoms with Crippen LogP contribution < -0.4 is 14.8 Å². The van der Waals surface area contributed by atoms with Gasteiger partial charge in [-0.25, -0.2) is 4.39 Å². The van der Waals surface area contributed by atoms with Crippen molar-refractivity contribution in [3.8, 4) is 11.5 Å². The molecule has 136 valence electrons. The van der Waals surface area contributed by atoms with Crippen LogP contribution in [0.2, 0.25) is 5.02 Å². The lowest BCUT2D eigenvalue weighted by molar-refractivity contribution is 0.264. The molecule has 0 aliphatic carbocycles. The normalized spacial score (nSPS) is 11.0. The van der Waals surface area contributed by atoms with Crippen LogP contribution in [-0.4, -0.2) is 12.6 Å². The Morgan fingerprint density at radius 2 is 2.00 bits per heavy atom. The van der Waals surface area contributed by atoms with E-state index in [9.17, 15) is 4.39 Å². The second-order valence-electron chi connectivity index (χ2n) is 5.86. The summed E-state index contributed by atoms with van der Waals surface area (Å²) in [6.45, 7) is 7.33. The van der Waals surface area contributed by atoms with Crippen molar-refractivity contribution in [1.29, 1.82) is 0 Å². The number of ether oxygens (including phenoxy) is 2. The highest BCUT2D eigenvalue weighted by Crippen LogP contribution is 2.38. The summed E-state index contributed by atoms with van der Waals surface area (Å²) in [5.74, 6) is 0.763. The Kier molecular flexibility index (Phi) is 7.54. The molecular weight excluding hydrogens is 409 g/mol. The summed E-state index contributed by atoms with van der Waals surface area (Å²) in [5, 5.41) is 3.71. The van der Waals surface area contributed by atoms with E-state index in [-0.39, 0.29) is 12.4 Å². The predicted molar refractivity (Wildman–Crippen MR) is 103 cm³/mol. The van der Waals surface area contributed by atoms with E-state index in [4.69, 9.17) is 21.1 Å². The third-order valence-electron chi connectivity index (χ3n) is 3.51. The minimum atomic E-state index is -0.390. The lowest BCUT2D eigenvalue weighted by Crippen LogP contribution is -2.21. The summed E-state index contributed by atoms with van der Waals surface area (Å²) in [7, 11) is 0. The van der Waals surface area contributed by atoms with Gasteiger partial charge in [-0.15, -0.1) is 0 Å². The molecule has 2 aromatic carbocycles. The number of rotatable bonds is 8. The quantitative estimate of drug-likeness (QED) is 0.581. The minimum Gasteiger partial charge on any atom is -0.490 e. The molecule has 0 aliphatic rings. The largest absolute Gasteiger partial charge is 0.490 e. The second kappa shape index (κ2) is 9.41. The van der Waals surface area contributed by atoms with Gasteiger partial charge in [-0.2, -0.15) is 0 Å². The molecule has 0 atom stereocenters. The highest BCUT2D eigenvalue weighted by molar-refractivity contribution is 9.10. The zero-order chi connectivity index (χ0) is 18.4. The van der Waals surface area contributed by atoms with E-state index in [1.54, 1.807) is 12.1 Å². The van der Waals surface area contributed by atoms with Crippen LogP contribution in [0, 0.1) is 5.82 Å². The molecule has 0 aromatic heterocycles. The van der Waals surface area contributed by atoms with Gasteiger partial charge in [-0.05, 0) is 52.7 Å². The summed E-state index contributed by atoms with van der Waals surface area (Å²) < 4.78 is 26.2. The van der Waals surface area contributed by atoms with Crippen molar-refractivity contribution in [3.05, 3.63) is 56.8 Å². The molecule has 0 saturated carbocycles. The van der Waals surface area contributed by atoms with Gasteiger partial charge in [0.05, 0.1) is 16.1 Å². The second-order valence-corrected chi connectivity index (χ2v) is 7.12. The van der Waals surface area contributed by atoms with Crippen molar-refractivity contribution in [3.63, 3.8) is 0 Å². The molecule has 0 amide bonds. The van der Waals surface area contributed by atoms with Gasteiger partial charge < -0.3 is 14.8 Å². The maximum absolute atomic E-state index is 13.9. The van der Waals surface area contributed by atoms with Gasteiger partial charge >= 0.3 is 0 Å². The van der Waals surface area contributed by atoms with Gasteiger partial charge in [0.1, 0.15) is 12.4 Å². The van der Waals surface area contributed by atoms with Crippen molar-refractivity contribution >= 4 is 27.5 Å². The Morgan fingerprint density at radius 3 is 2.64 bits per heavy atom. The topological polar surface area (TPSA) is 30.5 Å². The molecular formula is C19H22BrClFNO2. The van der Waals surface area contributed by atoms with Crippen LogP contribution in [0.4, 0.5) is 4.39 Å². The Bertz CT molecular complexity index is 705. The lowest BCUT2D eigenvalue weighted by Gasteiger charge is -2.17. The number of hydrogen-bond donors (Lipinski definition) is 1. The van der Waals surface area contributed by atoms with Crippen molar-refractivity contribution in [2.45, 2.75) is 40.0 Å². The van der Waals surface area contributed by atoms with Crippen LogP contribution in [0.15, 0.2) is 34.8 Å². The van der Waals surface area contributed by atoms with Crippen molar-refractivity contribution < 1.29 is 13.9 Å². The van der Waals surface area contributed by atoms with Crippen LogP contribution in [0.25, 0.3) is 0 Å². The van der Waals surface area contributed by atoms with Gasteiger partial charge in [0.2, 0.25) is 0 Å². The summed E-state index contributed by atoms with van der Waals surface area (Å²) in [5.41, 5.74) is 1.39. The number of benzene rings is 2. The van der Waals surface area contributed by atoms with Gasteiger partial charge in [0.15, 0.2) is 11.5 Å². The zero-order valence-electron chi connectivity index (χ0n) is 14.5. The Hall–Kier alpha value is -1.30. The first-order valence-electron chi connectivity index (χ1n) is 8.16. The standard InChI is InChI=1S/C19H22BrClFNO2/c1-4-24-18-9-13(10-23-12(2)3)8-15(20)19(18)25-11-14-16(21)6-5-7-17(14)22/h5-9,12,23H,4,10-11H2,1-3H3. The van der Waals surface area contributed by atoms with Crippen LogP contribution in [0.3, 0.4) is 0 Å². The Labute approximate surface area is 161 Å². The van der Waals surface area contributed by atoms with E-state index in [0.717, 1.165) is 16.6 Å². The molecule has 6 heteroatoms. The fourth-order valence-electron chi connectivity index (χ4n) is 2.26. The van der Waals surface area contributed by atoms with E-state index in [2.05, 4.69) is 35.1 Å². The fraction of sp³-hybridized carbons (Fsp3) is 0.368. The van der Waals surface area contributed by atoms with Crippen LogP contribution in [-0.2, 0) is 13.2 Å². The highest BCUT2D eigenvalue weighted by Gasteiger charge is 2.15. The van der Waals surface area contributed by atoms with Crippen molar-refractivity contribution in [1.82, 2.24) is 5.32 Å². The van der Waals surface area contributed by atoms with E-state index < -0.39 is 0 Å². The van der Waals surface area contributed by atoms with E-state index in [1.807, 2.05) is 19.1 Å². The molecule has 2 aromatic rings. The summed E-state index contributed by atoms with van der Waals surface area (Å²) in [6.07, 6.45) is 0. The minimum absolute atomic E-state index is 0.0216. The monoisotopic (exact) mass is 429 g/mol. The Balaban J connectivity index is 2.24. The van der Waals surface area contributed by atoms with Gasteiger partial charge in [0.25, 0.3) is 0 Å². The summed E-state index contributed by atoms with van der Waals surface area (Å²) in [4.78, 5) is 0. The highest BCUT2D eigenvalue weighted by atomic mass is 79.9. The van der Waals surface area contributed by atoms with E-state index in [1.165, 1.54) is 6.07 Å². The molecule has 0 spiro atoms. The van der Waals surface area contributed by atoms with Gasteiger partial charge in [0, 0.05) is 18.2 Å². The third kappa shape index (κ3) is 5.59. The molecule has 3 nitrogen and oxygen atoms in total. The average molecular weight is 431 g/mol. The summed E-state index contributed by atoms with van der Waals surface area (Å²) in [6, 6.07) is 8.86. The molecule has 0 aliphatic heterocycles. The maximum atomic E-state index is 13.9. The molecule has 2 rings (SSSR count). The fourth-order valence-corrected chi connectivity index (χ4v) is 3.08. The van der Waals surface area contributed by atoms with E-state index >= 15 is 0 Å². The Morgan fingerprint density at radius 1 is 1.24 bits per heavy atom. The molecule has 0 fully saturated rings. The van der Waals surface area contributed by atoms with Gasteiger partial charge in [-0.1, -0.05) is 31.5 Å².